The maximum absolute atomic E-state index is 11.3. The van der Waals surface area contributed by atoms with Crippen LogP contribution in [0.4, 0.5) is 0 Å². The monoisotopic (exact) mass is 200 g/mol. The Kier molecular flexibility index (Phi) is 1.56. The molecule has 13 heavy (non-hydrogen) atoms. The van der Waals surface area contributed by atoms with Crippen LogP contribution in [0, 0.1) is 6.92 Å². The van der Waals surface area contributed by atoms with Crippen LogP contribution in [-0.4, -0.2) is 18.4 Å². The third-order valence-corrected chi connectivity index (χ3v) is 3.38. The summed E-state index contributed by atoms with van der Waals surface area (Å²) < 4.78 is 22.3. The molecule has 1 N–H and O–H groups in total. The van der Waals surface area contributed by atoms with Gasteiger partial charge < -0.3 is 4.98 Å². The summed E-state index contributed by atoms with van der Waals surface area (Å²) in [4.78, 5) is 17.7. The molecule has 2 rings (SSSR count). The van der Waals surface area contributed by atoms with Gasteiger partial charge in [-0.25, -0.2) is 13.4 Å². The smallest absolute Gasteiger partial charge is 0.255 e. The average molecular weight is 200 g/mol. The average Bonchev–Trinajstić information content (AvgIpc) is 2.23. The molecule has 1 aliphatic rings. The Morgan fingerprint density at radius 2 is 2.08 bits per heavy atom. The molecule has 0 radical (unpaired) electrons. The number of aryl methyl sites for hydroxylation is 1. The number of aromatic amines is 1. The van der Waals surface area contributed by atoms with Crippen LogP contribution in [0.3, 0.4) is 0 Å². The minimum absolute atomic E-state index is 0.104. The molecule has 0 spiro atoms. The number of nitrogens with one attached hydrogen (secondary N) is 1. The van der Waals surface area contributed by atoms with Crippen LogP contribution in [0.25, 0.3) is 0 Å². The highest BCUT2D eigenvalue weighted by Gasteiger charge is 2.28. The van der Waals surface area contributed by atoms with E-state index in [1.807, 2.05) is 0 Å². The van der Waals surface area contributed by atoms with Gasteiger partial charge in [-0.05, 0) is 6.92 Å². The van der Waals surface area contributed by atoms with E-state index in [-0.39, 0.29) is 17.1 Å². The van der Waals surface area contributed by atoms with Crippen molar-refractivity contribution >= 4 is 9.84 Å². The Bertz CT molecular complexity index is 515. The SMILES string of the molecule is Cc1nc2c(c(=O)[nH]1)CS(=O)(=O)C2. The Morgan fingerprint density at radius 3 is 2.77 bits per heavy atom. The molecule has 2 heterocycles. The zero-order valence-electron chi connectivity index (χ0n) is 6.99. The number of H-pyrrole nitrogens is 1. The molecule has 1 aliphatic heterocycles. The minimum atomic E-state index is -3.13. The summed E-state index contributed by atoms with van der Waals surface area (Å²) >= 11 is 0. The van der Waals surface area contributed by atoms with Gasteiger partial charge in [0.2, 0.25) is 0 Å². The van der Waals surface area contributed by atoms with E-state index >= 15 is 0 Å². The Hall–Kier alpha value is -1.17. The summed E-state index contributed by atoms with van der Waals surface area (Å²) in [6.07, 6.45) is 0. The Labute approximate surface area is 74.7 Å². The molecule has 0 atom stereocenters. The fourth-order valence-electron chi connectivity index (χ4n) is 1.42. The molecule has 1 aromatic rings. The quantitative estimate of drug-likeness (QED) is 0.612. The molecular weight excluding hydrogens is 192 g/mol. The van der Waals surface area contributed by atoms with Crippen molar-refractivity contribution in [2.45, 2.75) is 18.4 Å². The fraction of sp³-hybridized carbons (Fsp3) is 0.429. The first-order chi connectivity index (χ1) is 5.98. The molecule has 0 saturated heterocycles. The largest absolute Gasteiger partial charge is 0.311 e. The minimum Gasteiger partial charge on any atom is -0.311 e. The van der Waals surface area contributed by atoms with Gasteiger partial charge in [0.1, 0.15) is 5.82 Å². The molecule has 0 unspecified atom stereocenters. The van der Waals surface area contributed by atoms with E-state index in [0.29, 0.717) is 17.1 Å². The lowest BCUT2D eigenvalue weighted by Gasteiger charge is -1.95. The van der Waals surface area contributed by atoms with Crippen molar-refractivity contribution in [2.24, 2.45) is 0 Å². The van der Waals surface area contributed by atoms with Crippen LogP contribution in [0.2, 0.25) is 0 Å². The van der Waals surface area contributed by atoms with Gasteiger partial charge in [-0.3, -0.25) is 4.79 Å². The zero-order valence-corrected chi connectivity index (χ0v) is 7.81. The third-order valence-electron chi connectivity index (χ3n) is 1.94. The number of fused-ring (bicyclic) bond motifs is 1. The highest BCUT2D eigenvalue weighted by Crippen LogP contribution is 2.19. The van der Waals surface area contributed by atoms with Gasteiger partial charge in [0.05, 0.1) is 22.8 Å². The third kappa shape index (κ3) is 1.37. The van der Waals surface area contributed by atoms with Crippen molar-refractivity contribution < 1.29 is 8.42 Å². The summed E-state index contributed by atoms with van der Waals surface area (Å²) in [6.45, 7) is 1.63. The van der Waals surface area contributed by atoms with Crippen LogP contribution in [0.5, 0.6) is 0 Å². The molecule has 5 nitrogen and oxygen atoms in total. The second-order valence-corrected chi connectivity index (χ2v) is 5.17. The number of hydrogen-bond acceptors (Lipinski definition) is 4. The van der Waals surface area contributed by atoms with Gasteiger partial charge in [0, 0.05) is 0 Å². The Morgan fingerprint density at radius 1 is 1.38 bits per heavy atom. The van der Waals surface area contributed by atoms with E-state index in [2.05, 4.69) is 9.97 Å². The first-order valence-corrected chi connectivity index (χ1v) is 5.59. The predicted octanol–water partition coefficient (Wildman–Crippen LogP) is -0.493. The normalized spacial score (nSPS) is 18.5. The summed E-state index contributed by atoms with van der Waals surface area (Å²) in [5.41, 5.74) is 0.371. The number of sulfone groups is 1. The molecule has 1 aromatic heterocycles. The second-order valence-electron chi connectivity index (χ2n) is 3.11. The van der Waals surface area contributed by atoms with Crippen molar-refractivity contribution in [3.05, 3.63) is 27.4 Å². The van der Waals surface area contributed by atoms with Gasteiger partial charge in [-0.2, -0.15) is 0 Å². The van der Waals surface area contributed by atoms with Crippen LogP contribution < -0.4 is 5.56 Å². The van der Waals surface area contributed by atoms with Crippen LogP contribution >= 0.6 is 0 Å². The molecule has 0 aromatic carbocycles. The molecule has 6 heteroatoms. The first kappa shape index (κ1) is 8.43. The predicted molar refractivity (Wildman–Crippen MR) is 45.9 cm³/mol. The van der Waals surface area contributed by atoms with Crippen molar-refractivity contribution in [1.82, 2.24) is 9.97 Å². The van der Waals surface area contributed by atoms with Gasteiger partial charge in [-0.1, -0.05) is 0 Å². The second kappa shape index (κ2) is 2.41. The highest BCUT2D eigenvalue weighted by molar-refractivity contribution is 7.90. The summed E-state index contributed by atoms with van der Waals surface area (Å²) in [5, 5.41) is 0. The number of aromatic nitrogens is 2. The van der Waals surface area contributed by atoms with E-state index in [4.69, 9.17) is 0 Å². The first-order valence-electron chi connectivity index (χ1n) is 3.77. The van der Waals surface area contributed by atoms with E-state index in [9.17, 15) is 13.2 Å². The number of rotatable bonds is 0. The standard InChI is InChI=1S/C7H8N2O3S/c1-4-8-6-3-13(11,12)2-5(6)7(10)9-4/h2-3H2,1H3,(H,8,9,10). The highest BCUT2D eigenvalue weighted by atomic mass is 32.2. The molecule has 0 aliphatic carbocycles. The summed E-state index contributed by atoms with van der Waals surface area (Å²) in [7, 11) is -3.13. The number of nitrogens with zero attached hydrogens (tertiary/aromatic N) is 1. The molecule has 0 amide bonds. The van der Waals surface area contributed by atoms with Crippen LogP contribution in [-0.2, 0) is 21.3 Å². The van der Waals surface area contributed by atoms with E-state index in [0.717, 1.165) is 0 Å². The van der Waals surface area contributed by atoms with Crippen molar-refractivity contribution in [3.63, 3.8) is 0 Å². The fourth-order valence-corrected chi connectivity index (χ4v) is 2.91. The van der Waals surface area contributed by atoms with Crippen molar-refractivity contribution in [1.29, 1.82) is 0 Å². The van der Waals surface area contributed by atoms with E-state index in [1.54, 1.807) is 6.92 Å². The van der Waals surface area contributed by atoms with Gasteiger partial charge in [0.15, 0.2) is 9.84 Å². The molecule has 70 valence electrons. The van der Waals surface area contributed by atoms with Crippen LogP contribution in [0.1, 0.15) is 17.1 Å². The lowest BCUT2D eigenvalue weighted by molar-refractivity contribution is 0.597. The van der Waals surface area contributed by atoms with Gasteiger partial charge in [0.25, 0.3) is 5.56 Å². The molecule has 0 saturated carbocycles. The summed E-state index contributed by atoms with van der Waals surface area (Å²) in [6, 6.07) is 0. The van der Waals surface area contributed by atoms with Crippen LogP contribution in [0.15, 0.2) is 4.79 Å². The maximum Gasteiger partial charge on any atom is 0.255 e. The topological polar surface area (TPSA) is 79.9 Å². The van der Waals surface area contributed by atoms with Crippen molar-refractivity contribution in [2.75, 3.05) is 0 Å². The lowest BCUT2D eigenvalue weighted by Crippen LogP contribution is -2.15. The molecule has 0 bridgehead atoms. The van der Waals surface area contributed by atoms with Gasteiger partial charge >= 0.3 is 0 Å². The summed E-state index contributed by atoms with van der Waals surface area (Å²) in [5.74, 6) is 0.179. The van der Waals surface area contributed by atoms with Gasteiger partial charge in [-0.15, -0.1) is 0 Å². The zero-order chi connectivity index (χ0) is 9.64. The van der Waals surface area contributed by atoms with E-state index < -0.39 is 9.84 Å². The maximum atomic E-state index is 11.3. The Balaban J connectivity index is 2.72. The molecule has 0 fully saturated rings. The number of hydrogen-bond donors (Lipinski definition) is 1. The van der Waals surface area contributed by atoms with Crippen molar-refractivity contribution in [3.8, 4) is 0 Å². The lowest BCUT2D eigenvalue weighted by atomic mass is 10.3. The molecular formula is C7H8N2O3S. The van der Waals surface area contributed by atoms with E-state index in [1.165, 1.54) is 0 Å².